The van der Waals surface area contributed by atoms with Crippen LogP contribution in [0.15, 0.2) is 24.5 Å². The van der Waals surface area contributed by atoms with Gasteiger partial charge in [-0.25, -0.2) is 0 Å². The van der Waals surface area contributed by atoms with Crippen molar-refractivity contribution in [3.05, 3.63) is 24.5 Å². The van der Waals surface area contributed by atoms with Gasteiger partial charge in [0.25, 0.3) is 0 Å². The molecule has 0 fully saturated rings. The van der Waals surface area contributed by atoms with Gasteiger partial charge in [-0.3, -0.25) is 4.98 Å². The largest absolute Gasteiger partial charge is 0.399 e. The summed E-state index contributed by atoms with van der Waals surface area (Å²) in [5, 5.41) is 0. The van der Waals surface area contributed by atoms with Gasteiger partial charge >= 0.3 is 0 Å². The molecule has 1 aromatic heterocycles. The highest BCUT2D eigenvalue weighted by atomic mass is 15.0. The lowest BCUT2D eigenvalue weighted by Gasteiger charge is -1.90. The molecule has 3 nitrogen and oxygen atoms in total. The van der Waals surface area contributed by atoms with Gasteiger partial charge in [-0.2, -0.15) is 0 Å². The number of nitrogen functional groups attached to an aromatic ring is 1. The highest BCUT2D eigenvalue weighted by Gasteiger charge is 1.73. The summed E-state index contributed by atoms with van der Waals surface area (Å²) in [6.45, 7) is 0. The van der Waals surface area contributed by atoms with Gasteiger partial charge in [0.2, 0.25) is 0 Å². The molecule has 1 aromatic rings. The Morgan fingerprint density at radius 1 is 1.18 bits per heavy atom. The van der Waals surface area contributed by atoms with E-state index >= 15 is 0 Å². The second kappa shape index (κ2) is 5.68. The van der Waals surface area contributed by atoms with Crippen molar-refractivity contribution in [1.29, 1.82) is 0 Å². The van der Waals surface area contributed by atoms with Crippen LogP contribution in [0.5, 0.6) is 0 Å². The van der Waals surface area contributed by atoms with Crippen molar-refractivity contribution in [2.24, 2.45) is 0 Å². The van der Waals surface area contributed by atoms with Gasteiger partial charge < -0.3 is 10.6 Å². The van der Waals surface area contributed by atoms with Crippen LogP contribution in [0.25, 0.3) is 0 Å². The maximum Gasteiger partial charge on any atom is 0.0344 e. The Balaban J connectivity index is 0.000000218. The molecule has 1 heterocycles. The van der Waals surface area contributed by atoms with Crippen molar-refractivity contribution in [3.8, 4) is 0 Å². The highest BCUT2D eigenvalue weighted by Crippen LogP contribution is 1.92. The lowest BCUT2D eigenvalue weighted by atomic mass is 10.4. The third-order valence-electron chi connectivity index (χ3n) is 0.706. The minimum absolute atomic E-state index is 0.759. The lowest BCUT2D eigenvalue weighted by Crippen LogP contribution is -1.99. The Morgan fingerprint density at radius 2 is 1.55 bits per heavy atom. The van der Waals surface area contributed by atoms with E-state index in [1.807, 2.05) is 26.0 Å². The van der Waals surface area contributed by atoms with Crippen LogP contribution < -0.4 is 5.73 Å². The predicted octanol–water partition coefficient (Wildman–Crippen LogP) is 0.842. The van der Waals surface area contributed by atoms with Crippen molar-refractivity contribution in [3.63, 3.8) is 0 Å². The number of hydrogen-bond donors (Lipinski definition) is 1. The first kappa shape index (κ1) is 9.91. The Hall–Kier alpha value is -1.09. The molecule has 0 aliphatic carbocycles. The second-order valence-corrected chi connectivity index (χ2v) is 2.62. The Kier molecular flexibility index (Phi) is 5.11. The van der Waals surface area contributed by atoms with E-state index in [2.05, 4.69) is 4.98 Å². The minimum Gasteiger partial charge on any atom is -0.399 e. The summed E-state index contributed by atoms with van der Waals surface area (Å²) in [5.74, 6) is 0. The van der Waals surface area contributed by atoms with Gasteiger partial charge in [-0.05, 0) is 33.3 Å². The van der Waals surface area contributed by atoms with Crippen molar-refractivity contribution in [2.75, 3.05) is 26.9 Å². The molecule has 0 saturated carbocycles. The fraction of sp³-hybridized carbons (Fsp3) is 0.375. The summed E-state index contributed by atoms with van der Waals surface area (Å²) >= 11 is 0. The highest BCUT2D eigenvalue weighted by molar-refractivity contribution is 5.33. The predicted molar refractivity (Wildman–Crippen MR) is 48.3 cm³/mol. The van der Waals surface area contributed by atoms with E-state index in [9.17, 15) is 0 Å². The van der Waals surface area contributed by atoms with E-state index in [1.54, 1.807) is 24.5 Å². The van der Waals surface area contributed by atoms with Crippen LogP contribution >= 0.6 is 0 Å². The Bertz CT molecular complexity index is 169. The molecule has 0 radical (unpaired) electrons. The number of rotatable bonds is 0. The molecule has 2 N–H and O–H groups in total. The molecule has 11 heavy (non-hydrogen) atoms. The Morgan fingerprint density at radius 3 is 1.73 bits per heavy atom. The van der Waals surface area contributed by atoms with Crippen LogP contribution in [0.1, 0.15) is 0 Å². The van der Waals surface area contributed by atoms with Crippen LogP contribution in [-0.4, -0.2) is 31.0 Å². The summed E-state index contributed by atoms with van der Waals surface area (Å²) in [6.07, 6.45) is 3.32. The minimum atomic E-state index is 0.759. The average molecular weight is 153 g/mol. The molecule has 0 unspecified atom stereocenters. The summed E-state index contributed by atoms with van der Waals surface area (Å²) in [4.78, 5) is 5.77. The van der Waals surface area contributed by atoms with Crippen LogP contribution in [0.4, 0.5) is 5.69 Å². The maximum atomic E-state index is 5.32. The van der Waals surface area contributed by atoms with Gasteiger partial charge in [-0.1, -0.05) is 0 Å². The summed E-state index contributed by atoms with van der Waals surface area (Å²) in [7, 11) is 6.00. The first-order valence-corrected chi connectivity index (χ1v) is 3.39. The number of aromatic nitrogens is 1. The van der Waals surface area contributed by atoms with E-state index in [1.165, 1.54) is 0 Å². The molecule has 0 bridgehead atoms. The van der Waals surface area contributed by atoms with Gasteiger partial charge in [0.1, 0.15) is 0 Å². The first-order valence-electron chi connectivity index (χ1n) is 3.39. The molecule has 1 rings (SSSR count). The fourth-order valence-electron chi connectivity index (χ4n) is 0.363. The molecule has 62 valence electrons. The SMILES string of the molecule is CN(C)C.Nc1ccncc1. The molecular formula is C8H15N3. The van der Waals surface area contributed by atoms with Crippen molar-refractivity contribution >= 4 is 5.69 Å². The third kappa shape index (κ3) is 8.91. The summed E-state index contributed by atoms with van der Waals surface area (Å²) in [6, 6.07) is 3.50. The quantitative estimate of drug-likeness (QED) is 0.600. The van der Waals surface area contributed by atoms with Crippen LogP contribution in [-0.2, 0) is 0 Å². The molecule has 0 saturated heterocycles. The number of hydrogen-bond acceptors (Lipinski definition) is 3. The zero-order valence-corrected chi connectivity index (χ0v) is 7.28. The fourth-order valence-corrected chi connectivity index (χ4v) is 0.363. The monoisotopic (exact) mass is 153 g/mol. The van der Waals surface area contributed by atoms with E-state index in [0.29, 0.717) is 0 Å². The number of nitrogens with zero attached hydrogens (tertiary/aromatic N) is 2. The van der Waals surface area contributed by atoms with Crippen molar-refractivity contribution in [2.45, 2.75) is 0 Å². The van der Waals surface area contributed by atoms with Crippen molar-refractivity contribution in [1.82, 2.24) is 9.88 Å². The van der Waals surface area contributed by atoms with E-state index in [4.69, 9.17) is 5.73 Å². The molecule has 0 spiro atoms. The number of nitrogens with two attached hydrogens (primary N) is 1. The molecule has 0 amide bonds. The van der Waals surface area contributed by atoms with Gasteiger partial charge in [-0.15, -0.1) is 0 Å². The van der Waals surface area contributed by atoms with Gasteiger partial charge in [0, 0.05) is 18.1 Å². The van der Waals surface area contributed by atoms with Gasteiger partial charge in [0.15, 0.2) is 0 Å². The van der Waals surface area contributed by atoms with E-state index < -0.39 is 0 Å². The smallest absolute Gasteiger partial charge is 0.0344 e. The van der Waals surface area contributed by atoms with Crippen molar-refractivity contribution < 1.29 is 0 Å². The normalized spacial score (nSPS) is 8.73. The number of anilines is 1. The summed E-state index contributed by atoms with van der Waals surface area (Å²) < 4.78 is 0. The van der Waals surface area contributed by atoms with Crippen LogP contribution in [0.3, 0.4) is 0 Å². The molecular weight excluding hydrogens is 138 g/mol. The maximum absolute atomic E-state index is 5.32. The number of pyridine rings is 1. The summed E-state index contributed by atoms with van der Waals surface area (Å²) in [5.41, 5.74) is 6.08. The molecule has 0 aliphatic heterocycles. The zero-order chi connectivity index (χ0) is 8.69. The second-order valence-electron chi connectivity index (χ2n) is 2.62. The zero-order valence-electron chi connectivity index (χ0n) is 7.28. The van der Waals surface area contributed by atoms with E-state index in [-0.39, 0.29) is 0 Å². The van der Waals surface area contributed by atoms with Gasteiger partial charge in [0.05, 0.1) is 0 Å². The topological polar surface area (TPSA) is 42.1 Å². The molecule has 0 aromatic carbocycles. The van der Waals surface area contributed by atoms with Crippen LogP contribution in [0, 0.1) is 0 Å². The standard InChI is InChI=1S/C5H6N2.C3H9N/c6-5-1-3-7-4-2-5;1-4(2)3/h1-4H,(H2,6,7);1-3H3. The molecule has 0 atom stereocenters. The molecule has 0 aliphatic rings. The average Bonchev–Trinajstić information content (AvgIpc) is 1.87. The first-order chi connectivity index (χ1) is 5.13. The third-order valence-corrected chi connectivity index (χ3v) is 0.706. The van der Waals surface area contributed by atoms with Crippen LogP contribution in [0.2, 0.25) is 0 Å². The Labute approximate surface area is 67.9 Å². The lowest BCUT2D eigenvalue weighted by molar-refractivity contribution is 0.505. The molecule has 3 heteroatoms. The van der Waals surface area contributed by atoms with E-state index in [0.717, 1.165) is 5.69 Å².